The highest BCUT2D eigenvalue weighted by atomic mass is 32.2. The van der Waals surface area contributed by atoms with Crippen molar-refractivity contribution in [3.8, 4) is 6.07 Å². The Bertz CT molecular complexity index is 602. The maximum atomic E-state index is 12.3. The Morgan fingerprint density at radius 1 is 1.47 bits per heavy atom. The lowest BCUT2D eigenvalue weighted by atomic mass is 10.1. The van der Waals surface area contributed by atoms with Crippen LogP contribution in [0.1, 0.15) is 31.1 Å². The molecule has 1 aromatic rings. The molecule has 0 saturated carbocycles. The molecule has 0 spiro atoms. The molecule has 0 N–H and O–H groups in total. The van der Waals surface area contributed by atoms with Crippen LogP contribution in [0.15, 0.2) is 23.1 Å². The van der Waals surface area contributed by atoms with Crippen LogP contribution >= 0.6 is 11.8 Å². The van der Waals surface area contributed by atoms with E-state index in [1.54, 1.807) is 12.1 Å². The molecule has 2 rings (SSSR count). The summed E-state index contributed by atoms with van der Waals surface area (Å²) in [5.74, 6) is -0.158. The SMILES string of the molecule is CC(=O)c1ccc2c(c1)N(CC#N)C(=O)C(C)(C)S2. The average molecular weight is 274 g/mol. The monoisotopic (exact) mass is 274 g/mol. The van der Waals surface area contributed by atoms with Crippen LogP contribution in [0.3, 0.4) is 0 Å². The number of hydrogen-bond acceptors (Lipinski definition) is 4. The average Bonchev–Trinajstić information content (AvgIpc) is 2.34. The van der Waals surface area contributed by atoms with Crippen LogP contribution in [0.25, 0.3) is 0 Å². The topological polar surface area (TPSA) is 61.2 Å². The fraction of sp³-hybridized carbons (Fsp3) is 0.357. The number of benzene rings is 1. The first-order valence-electron chi connectivity index (χ1n) is 5.90. The van der Waals surface area contributed by atoms with Crippen LogP contribution in [-0.4, -0.2) is 23.0 Å². The van der Waals surface area contributed by atoms with Gasteiger partial charge < -0.3 is 0 Å². The summed E-state index contributed by atoms with van der Waals surface area (Å²) in [5, 5.41) is 8.89. The zero-order valence-electron chi connectivity index (χ0n) is 11.1. The largest absolute Gasteiger partial charge is 0.296 e. The van der Waals surface area contributed by atoms with Crippen LogP contribution in [0.4, 0.5) is 5.69 Å². The van der Waals surface area contributed by atoms with Crippen LogP contribution in [0.5, 0.6) is 0 Å². The third kappa shape index (κ3) is 2.36. The molecule has 1 aromatic carbocycles. The van der Waals surface area contributed by atoms with Gasteiger partial charge in [0, 0.05) is 10.5 Å². The summed E-state index contributed by atoms with van der Waals surface area (Å²) in [6, 6.07) is 7.29. The smallest absolute Gasteiger partial charge is 0.243 e. The van der Waals surface area contributed by atoms with E-state index in [-0.39, 0.29) is 18.2 Å². The minimum atomic E-state index is -0.596. The molecule has 0 radical (unpaired) electrons. The van der Waals surface area contributed by atoms with Gasteiger partial charge in [-0.1, -0.05) is 6.07 Å². The van der Waals surface area contributed by atoms with E-state index in [2.05, 4.69) is 0 Å². The highest BCUT2D eigenvalue weighted by Crippen LogP contribution is 2.45. The highest BCUT2D eigenvalue weighted by molar-refractivity contribution is 8.01. The first-order chi connectivity index (χ1) is 8.86. The number of nitriles is 1. The van der Waals surface area contributed by atoms with Gasteiger partial charge in [-0.3, -0.25) is 14.5 Å². The van der Waals surface area contributed by atoms with Crippen molar-refractivity contribution in [1.82, 2.24) is 0 Å². The minimum absolute atomic E-state index is 0.00280. The number of rotatable bonds is 2. The molecule has 1 amide bonds. The van der Waals surface area contributed by atoms with Gasteiger partial charge in [-0.05, 0) is 32.9 Å². The third-order valence-electron chi connectivity index (χ3n) is 3.01. The molecule has 0 saturated heterocycles. The fourth-order valence-electron chi connectivity index (χ4n) is 2.01. The number of nitrogens with zero attached hydrogens (tertiary/aromatic N) is 2. The van der Waals surface area contributed by atoms with Crippen molar-refractivity contribution in [2.24, 2.45) is 0 Å². The van der Waals surface area contributed by atoms with Gasteiger partial charge in [0.05, 0.1) is 16.5 Å². The number of fused-ring (bicyclic) bond motifs is 1. The molecule has 0 fully saturated rings. The molecule has 0 aliphatic carbocycles. The first kappa shape index (κ1) is 13.6. The van der Waals surface area contributed by atoms with E-state index >= 15 is 0 Å². The lowest BCUT2D eigenvalue weighted by Crippen LogP contribution is -2.46. The van der Waals surface area contributed by atoms with E-state index in [1.165, 1.54) is 23.6 Å². The number of Topliss-reactive ketones (excluding diaryl/α,β-unsaturated/α-hetero) is 1. The standard InChI is InChI=1S/C14H14N2O2S/c1-9(17)10-4-5-12-11(8-10)16(7-6-15)13(18)14(2,3)19-12/h4-5,8H,7H2,1-3H3. The lowest BCUT2D eigenvalue weighted by Gasteiger charge is -2.36. The second-order valence-electron chi connectivity index (χ2n) is 4.90. The van der Waals surface area contributed by atoms with Crippen LogP contribution in [-0.2, 0) is 4.79 Å². The van der Waals surface area contributed by atoms with Gasteiger partial charge in [0.25, 0.3) is 0 Å². The predicted octanol–water partition coefficient (Wildman–Crippen LogP) is 2.63. The molecular formula is C14H14N2O2S. The number of anilines is 1. The third-order valence-corrected chi connectivity index (χ3v) is 4.26. The van der Waals surface area contributed by atoms with Crippen molar-refractivity contribution in [2.45, 2.75) is 30.4 Å². The molecule has 98 valence electrons. The molecule has 5 heteroatoms. The van der Waals surface area contributed by atoms with E-state index in [4.69, 9.17) is 5.26 Å². The molecule has 0 unspecified atom stereocenters. The van der Waals surface area contributed by atoms with Crippen molar-refractivity contribution in [2.75, 3.05) is 11.4 Å². The summed E-state index contributed by atoms with van der Waals surface area (Å²) < 4.78 is -0.596. The van der Waals surface area contributed by atoms with Crippen molar-refractivity contribution in [3.05, 3.63) is 23.8 Å². The van der Waals surface area contributed by atoms with Gasteiger partial charge in [0.1, 0.15) is 6.54 Å². The van der Waals surface area contributed by atoms with Crippen LogP contribution in [0, 0.1) is 11.3 Å². The molecule has 0 aromatic heterocycles. The van der Waals surface area contributed by atoms with Gasteiger partial charge in [-0.2, -0.15) is 5.26 Å². The number of carbonyl (C=O) groups is 2. The summed E-state index contributed by atoms with van der Waals surface area (Å²) in [6.45, 7) is 5.16. The normalized spacial score (nSPS) is 16.7. The van der Waals surface area contributed by atoms with Gasteiger partial charge >= 0.3 is 0 Å². The van der Waals surface area contributed by atoms with Gasteiger partial charge in [-0.25, -0.2) is 0 Å². The highest BCUT2D eigenvalue weighted by Gasteiger charge is 2.39. The molecular weight excluding hydrogens is 260 g/mol. The van der Waals surface area contributed by atoms with E-state index in [9.17, 15) is 9.59 Å². The minimum Gasteiger partial charge on any atom is -0.296 e. The van der Waals surface area contributed by atoms with Crippen LogP contribution in [0.2, 0.25) is 0 Å². The Kier molecular flexibility index (Phi) is 3.38. The summed E-state index contributed by atoms with van der Waals surface area (Å²) in [5.41, 5.74) is 1.21. The molecule has 1 heterocycles. The Labute approximate surface area is 116 Å². The predicted molar refractivity (Wildman–Crippen MR) is 74.3 cm³/mol. The number of hydrogen-bond donors (Lipinski definition) is 0. The number of amides is 1. The summed E-state index contributed by atoms with van der Waals surface area (Å²) in [6.07, 6.45) is 0. The Balaban J connectivity index is 2.57. The number of ketones is 1. The van der Waals surface area contributed by atoms with Crippen molar-refractivity contribution in [1.29, 1.82) is 5.26 Å². The summed E-state index contributed by atoms with van der Waals surface area (Å²) in [4.78, 5) is 26.2. The lowest BCUT2D eigenvalue weighted by molar-refractivity contribution is -0.120. The van der Waals surface area contributed by atoms with Gasteiger partial charge in [0.2, 0.25) is 5.91 Å². The molecule has 0 bridgehead atoms. The van der Waals surface area contributed by atoms with E-state index in [0.29, 0.717) is 11.3 Å². The van der Waals surface area contributed by atoms with Crippen molar-refractivity contribution in [3.63, 3.8) is 0 Å². The van der Waals surface area contributed by atoms with Crippen LogP contribution < -0.4 is 4.90 Å². The Hall–Kier alpha value is -1.80. The first-order valence-corrected chi connectivity index (χ1v) is 6.71. The Morgan fingerprint density at radius 2 is 2.16 bits per heavy atom. The zero-order valence-corrected chi connectivity index (χ0v) is 11.9. The second-order valence-corrected chi connectivity index (χ2v) is 6.57. The molecule has 1 aliphatic rings. The summed E-state index contributed by atoms with van der Waals surface area (Å²) in [7, 11) is 0. The molecule has 4 nitrogen and oxygen atoms in total. The summed E-state index contributed by atoms with van der Waals surface area (Å²) >= 11 is 1.46. The zero-order chi connectivity index (χ0) is 14.2. The maximum Gasteiger partial charge on any atom is 0.243 e. The van der Waals surface area contributed by atoms with E-state index < -0.39 is 4.75 Å². The number of carbonyl (C=O) groups excluding carboxylic acids is 2. The van der Waals surface area contributed by atoms with Crippen molar-refractivity contribution >= 4 is 29.1 Å². The number of thioether (sulfide) groups is 1. The molecule has 1 aliphatic heterocycles. The van der Waals surface area contributed by atoms with Crippen molar-refractivity contribution < 1.29 is 9.59 Å². The quantitative estimate of drug-likeness (QED) is 0.614. The fourth-order valence-corrected chi connectivity index (χ4v) is 3.17. The second kappa shape index (κ2) is 4.71. The van der Waals surface area contributed by atoms with E-state index in [0.717, 1.165) is 4.90 Å². The Morgan fingerprint density at radius 3 is 2.74 bits per heavy atom. The van der Waals surface area contributed by atoms with E-state index in [1.807, 2.05) is 26.0 Å². The molecule has 19 heavy (non-hydrogen) atoms. The van der Waals surface area contributed by atoms with Gasteiger partial charge in [0.15, 0.2) is 5.78 Å². The maximum absolute atomic E-state index is 12.3. The molecule has 0 atom stereocenters. The van der Waals surface area contributed by atoms with Gasteiger partial charge in [-0.15, -0.1) is 11.8 Å².